The zero-order valence-corrected chi connectivity index (χ0v) is 16.0. The molecule has 0 saturated heterocycles. The molecular formula is C17H21BrN2O3S. The second-order valence-corrected chi connectivity index (χ2v) is 7.73. The SMILES string of the molecule is COCCO[C@H]1CC[C@H](NC(=O)c2cc(Br)cc3cnsc23)CC1. The van der Waals surface area contributed by atoms with Gasteiger partial charge in [-0.15, -0.1) is 0 Å². The molecule has 1 aliphatic carbocycles. The topological polar surface area (TPSA) is 60.5 Å². The van der Waals surface area contributed by atoms with Gasteiger partial charge in [0.05, 0.1) is 29.6 Å². The van der Waals surface area contributed by atoms with Crippen molar-refractivity contribution in [2.45, 2.75) is 37.8 Å². The lowest BCUT2D eigenvalue weighted by atomic mass is 9.92. The quantitative estimate of drug-likeness (QED) is 0.733. The van der Waals surface area contributed by atoms with E-state index in [1.807, 2.05) is 12.1 Å². The molecule has 0 spiro atoms. The fourth-order valence-corrected chi connectivity index (χ4v) is 4.27. The highest BCUT2D eigenvalue weighted by Gasteiger charge is 2.24. The number of methoxy groups -OCH3 is 1. The molecule has 130 valence electrons. The highest BCUT2D eigenvalue weighted by atomic mass is 79.9. The van der Waals surface area contributed by atoms with Crippen LogP contribution < -0.4 is 5.32 Å². The molecule has 1 N–H and O–H groups in total. The van der Waals surface area contributed by atoms with E-state index in [1.54, 1.807) is 13.3 Å². The molecule has 0 bridgehead atoms. The van der Waals surface area contributed by atoms with Crippen molar-refractivity contribution in [3.63, 3.8) is 0 Å². The van der Waals surface area contributed by atoms with Gasteiger partial charge in [-0.1, -0.05) is 15.9 Å². The summed E-state index contributed by atoms with van der Waals surface area (Å²) in [5.41, 5.74) is 0.695. The van der Waals surface area contributed by atoms with E-state index in [-0.39, 0.29) is 18.1 Å². The van der Waals surface area contributed by atoms with Crippen LogP contribution in [0.5, 0.6) is 0 Å². The van der Waals surface area contributed by atoms with Gasteiger partial charge < -0.3 is 14.8 Å². The van der Waals surface area contributed by atoms with Gasteiger partial charge in [0, 0.05) is 29.2 Å². The minimum Gasteiger partial charge on any atom is -0.382 e. The van der Waals surface area contributed by atoms with Crippen molar-refractivity contribution >= 4 is 43.5 Å². The average Bonchev–Trinajstić information content (AvgIpc) is 3.04. The summed E-state index contributed by atoms with van der Waals surface area (Å²) in [4.78, 5) is 12.7. The summed E-state index contributed by atoms with van der Waals surface area (Å²) < 4.78 is 16.8. The van der Waals surface area contributed by atoms with E-state index in [1.165, 1.54) is 11.5 Å². The number of nitrogens with zero attached hydrogens (tertiary/aromatic N) is 1. The van der Waals surface area contributed by atoms with E-state index in [9.17, 15) is 4.79 Å². The Hall–Kier alpha value is -1.02. The summed E-state index contributed by atoms with van der Waals surface area (Å²) in [6.45, 7) is 1.27. The largest absolute Gasteiger partial charge is 0.382 e. The molecule has 5 nitrogen and oxygen atoms in total. The van der Waals surface area contributed by atoms with Gasteiger partial charge in [-0.25, -0.2) is 0 Å². The molecule has 0 unspecified atom stereocenters. The summed E-state index contributed by atoms with van der Waals surface area (Å²) in [6.07, 6.45) is 5.93. The summed E-state index contributed by atoms with van der Waals surface area (Å²) in [5, 5.41) is 4.17. The molecule has 1 aliphatic rings. The lowest BCUT2D eigenvalue weighted by molar-refractivity contribution is -0.00408. The molecule has 1 aromatic carbocycles. The maximum atomic E-state index is 12.7. The maximum absolute atomic E-state index is 12.7. The van der Waals surface area contributed by atoms with Gasteiger partial charge in [0.15, 0.2) is 0 Å². The Labute approximate surface area is 154 Å². The lowest BCUT2D eigenvalue weighted by Crippen LogP contribution is -2.39. The van der Waals surface area contributed by atoms with Gasteiger partial charge in [0.25, 0.3) is 5.91 Å². The highest BCUT2D eigenvalue weighted by Crippen LogP contribution is 2.28. The molecule has 3 rings (SSSR count). The number of aromatic nitrogens is 1. The number of hydrogen-bond donors (Lipinski definition) is 1. The summed E-state index contributed by atoms with van der Waals surface area (Å²) >= 11 is 4.83. The number of hydrogen-bond acceptors (Lipinski definition) is 5. The summed E-state index contributed by atoms with van der Waals surface area (Å²) in [7, 11) is 1.68. The normalized spacial score (nSPS) is 21.1. The first-order valence-corrected chi connectivity index (χ1v) is 9.69. The predicted octanol–water partition coefficient (Wildman–Crippen LogP) is 3.76. The first kappa shape index (κ1) is 17.8. The standard InChI is InChI=1S/C17H21BrN2O3S/c1-22-6-7-23-14-4-2-13(3-5-14)20-17(21)15-9-12(18)8-11-10-19-24-16(11)15/h8-10,13-14H,2-7H2,1H3,(H,20,21)/t13-,14-. The number of carbonyl (C=O) groups is 1. The number of benzene rings is 1. The Morgan fingerprint density at radius 1 is 1.33 bits per heavy atom. The molecule has 1 saturated carbocycles. The Balaban J connectivity index is 1.57. The summed E-state index contributed by atoms with van der Waals surface area (Å²) in [5.74, 6) is -0.0192. The van der Waals surface area contributed by atoms with Gasteiger partial charge in [-0.3, -0.25) is 4.79 Å². The molecular weight excluding hydrogens is 392 g/mol. The van der Waals surface area contributed by atoms with Gasteiger partial charge in [-0.2, -0.15) is 4.37 Å². The fraction of sp³-hybridized carbons (Fsp3) is 0.529. The maximum Gasteiger partial charge on any atom is 0.253 e. The number of amides is 1. The van der Waals surface area contributed by atoms with Crippen molar-refractivity contribution < 1.29 is 14.3 Å². The third-order valence-electron chi connectivity index (χ3n) is 4.31. The summed E-state index contributed by atoms with van der Waals surface area (Å²) in [6, 6.07) is 4.06. The van der Waals surface area contributed by atoms with Gasteiger partial charge >= 0.3 is 0 Å². The van der Waals surface area contributed by atoms with Gasteiger partial charge in [0.2, 0.25) is 0 Å². The zero-order chi connectivity index (χ0) is 16.9. The number of nitrogens with one attached hydrogen (secondary N) is 1. The van der Waals surface area contributed by atoms with Crippen LogP contribution in [0.3, 0.4) is 0 Å². The van der Waals surface area contributed by atoms with Crippen molar-refractivity contribution in [3.05, 3.63) is 28.4 Å². The monoisotopic (exact) mass is 412 g/mol. The molecule has 0 atom stereocenters. The molecule has 7 heteroatoms. The number of ether oxygens (including phenoxy) is 2. The van der Waals surface area contributed by atoms with Crippen molar-refractivity contribution in [1.82, 2.24) is 9.69 Å². The van der Waals surface area contributed by atoms with E-state index in [2.05, 4.69) is 25.6 Å². The third-order valence-corrected chi connectivity index (χ3v) is 5.62. The molecule has 1 aromatic heterocycles. The van der Waals surface area contributed by atoms with E-state index in [0.717, 1.165) is 40.2 Å². The Bertz CT molecular complexity index is 698. The van der Waals surface area contributed by atoms with E-state index < -0.39 is 0 Å². The van der Waals surface area contributed by atoms with Crippen LogP contribution in [0, 0.1) is 0 Å². The average molecular weight is 413 g/mol. The zero-order valence-electron chi connectivity index (χ0n) is 13.6. The lowest BCUT2D eigenvalue weighted by Gasteiger charge is -2.29. The number of rotatable bonds is 6. The van der Waals surface area contributed by atoms with Crippen molar-refractivity contribution in [2.75, 3.05) is 20.3 Å². The van der Waals surface area contributed by atoms with Crippen LogP contribution in [0.15, 0.2) is 22.8 Å². The Morgan fingerprint density at radius 3 is 2.88 bits per heavy atom. The van der Waals surface area contributed by atoms with Gasteiger partial charge in [-0.05, 0) is 49.3 Å². The van der Waals surface area contributed by atoms with E-state index in [0.29, 0.717) is 18.8 Å². The number of fused-ring (bicyclic) bond motifs is 1. The second-order valence-electron chi connectivity index (χ2n) is 6.01. The molecule has 24 heavy (non-hydrogen) atoms. The molecule has 1 heterocycles. The van der Waals surface area contributed by atoms with E-state index in [4.69, 9.17) is 9.47 Å². The van der Waals surface area contributed by atoms with Crippen LogP contribution in [-0.2, 0) is 9.47 Å². The molecule has 1 fully saturated rings. The minimum atomic E-state index is -0.0192. The number of halogens is 1. The third kappa shape index (κ3) is 4.33. The van der Waals surface area contributed by atoms with Crippen molar-refractivity contribution in [2.24, 2.45) is 0 Å². The molecule has 0 aliphatic heterocycles. The first-order chi connectivity index (χ1) is 11.7. The van der Waals surface area contributed by atoms with Gasteiger partial charge in [0.1, 0.15) is 0 Å². The van der Waals surface area contributed by atoms with Crippen LogP contribution in [0.2, 0.25) is 0 Å². The molecule has 2 aromatic rings. The van der Waals surface area contributed by atoms with Crippen LogP contribution >= 0.6 is 27.5 Å². The fourth-order valence-electron chi connectivity index (χ4n) is 3.05. The predicted molar refractivity (Wildman–Crippen MR) is 98.7 cm³/mol. The smallest absolute Gasteiger partial charge is 0.253 e. The van der Waals surface area contributed by atoms with Crippen LogP contribution in [-0.4, -0.2) is 42.8 Å². The Kier molecular flexibility index (Phi) is 6.21. The van der Waals surface area contributed by atoms with Crippen LogP contribution in [0.1, 0.15) is 36.0 Å². The van der Waals surface area contributed by atoms with Crippen LogP contribution in [0.4, 0.5) is 0 Å². The highest BCUT2D eigenvalue weighted by molar-refractivity contribution is 9.10. The molecule has 0 radical (unpaired) electrons. The second kappa shape index (κ2) is 8.38. The molecule has 1 amide bonds. The first-order valence-electron chi connectivity index (χ1n) is 8.12. The number of carbonyl (C=O) groups excluding carboxylic acids is 1. The van der Waals surface area contributed by atoms with Crippen LogP contribution in [0.25, 0.3) is 10.1 Å². The minimum absolute atomic E-state index is 0.0192. The Morgan fingerprint density at radius 2 is 2.12 bits per heavy atom. The van der Waals surface area contributed by atoms with Crippen molar-refractivity contribution in [3.8, 4) is 0 Å². The van der Waals surface area contributed by atoms with Crippen molar-refractivity contribution in [1.29, 1.82) is 0 Å². The van der Waals surface area contributed by atoms with E-state index >= 15 is 0 Å².